The van der Waals surface area contributed by atoms with Crippen LogP contribution >= 0.6 is 0 Å². The Bertz CT molecular complexity index is 637. The second kappa shape index (κ2) is 9.05. The maximum Gasteiger partial charge on any atom is 0.252 e. The van der Waals surface area contributed by atoms with Gasteiger partial charge in [0.05, 0.1) is 11.7 Å². The highest BCUT2D eigenvalue weighted by Crippen LogP contribution is 2.18. The first-order valence-corrected chi connectivity index (χ1v) is 8.10. The van der Waals surface area contributed by atoms with E-state index in [1.807, 2.05) is 6.07 Å². The minimum absolute atomic E-state index is 0.191. The maximum atomic E-state index is 12.0. The number of hydrogen-bond acceptors (Lipinski definition) is 4. The average molecular weight is 327 g/mol. The number of nitrogens with one attached hydrogen (secondary N) is 1. The SMILES string of the molecule is C=C/C=C\C(=C/N)C(=O)NCC(O)CN1CCc2ccccc2C1. The molecule has 0 spiro atoms. The fraction of sp³-hybridized carbons (Fsp3) is 0.316. The van der Waals surface area contributed by atoms with Crippen LogP contribution in [0.15, 0.2) is 60.8 Å². The van der Waals surface area contributed by atoms with Crippen LogP contribution in [-0.4, -0.2) is 41.7 Å². The Hall–Kier alpha value is -2.37. The largest absolute Gasteiger partial charge is 0.404 e. The highest BCUT2D eigenvalue weighted by Gasteiger charge is 2.18. The van der Waals surface area contributed by atoms with Gasteiger partial charge >= 0.3 is 0 Å². The molecule has 1 amide bonds. The quantitative estimate of drug-likeness (QED) is 0.518. The van der Waals surface area contributed by atoms with Gasteiger partial charge in [0.1, 0.15) is 0 Å². The average Bonchev–Trinajstić information content (AvgIpc) is 2.60. The zero-order valence-corrected chi connectivity index (χ0v) is 13.8. The molecule has 5 heteroatoms. The van der Waals surface area contributed by atoms with Crippen molar-refractivity contribution in [2.45, 2.75) is 19.1 Å². The van der Waals surface area contributed by atoms with Crippen molar-refractivity contribution in [1.29, 1.82) is 0 Å². The molecule has 0 fully saturated rings. The molecule has 24 heavy (non-hydrogen) atoms. The number of aliphatic hydroxyl groups excluding tert-OH is 1. The summed E-state index contributed by atoms with van der Waals surface area (Å²) in [6.07, 6.45) is 6.39. The molecule has 1 aromatic rings. The maximum absolute atomic E-state index is 12.0. The molecule has 128 valence electrons. The number of β-amino-alcohol motifs (C(OH)–C–C–N with tert-alkyl or cyclic N) is 1. The lowest BCUT2D eigenvalue weighted by atomic mass is 10.00. The molecule has 2 rings (SSSR count). The van der Waals surface area contributed by atoms with E-state index in [2.05, 4.69) is 35.0 Å². The summed E-state index contributed by atoms with van der Waals surface area (Å²) in [5.41, 5.74) is 8.46. The first-order valence-electron chi connectivity index (χ1n) is 8.10. The lowest BCUT2D eigenvalue weighted by Crippen LogP contribution is -2.42. The van der Waals surface area contributed by atoms with Crippen molar-refractivity contribution < 1.29 is 9.90 Å². The van der Waals surface area contributed by atoms with E-state index < -0.39 is 6.10 Å². The lowest BCUT2D eigenvalue weighted by molar-refractivity contribution is -0.117. The summed E-state index contributed by atoms with van der Waals surface area (Å²) in [6.45, 7) is 6.01. The van der Waals surface area contributed by atoms with Crippen LogP contribution in [0.2, 0.25) is 0 Å². The van der Waals surface area contributed by atoms with Crippen LogP contribution in [0.25, 0.3) is 0 Å². The molecule has 1 heterocycles. The van der Waals surface area contributed by atoms with Crippen molar-refractivity contribution >= 4 is 5.91 Å². The third-order valence-corrected chi connectivity index (χ3v) is 4.03. The number of fused-ring (bicyclic) bond motifs is 1. The molecule has 1 aliphatic heterocycles. The summed E-state index contributed by atoms with van der Waals surface area (Å²) in [5, 5.41) is 12.9. The summed E-state index contributed by atoms with van der Waals surface area (Å²) < 4.78 is 0. The minimum atomic E-state index is -0.623. The molecular formula is C19H25N3O2. The molecule has 0 saturated heterocycles. The summed E-state index contributed by atoms with van der Waals surface area (Å²) in [6, 6.07) is 8.37. The summed E-state index contributed by atoms with van der Waals surface area (Å²) >= 11 is 0. The van der Waals surface area contributed by atoms with Crippen molar-refractivity contribution in [3.05, 3.63) is 72.0 Å². The molecule has 1 atom stereocenters. The van der Waals surface area contributed by atoms with Gasteiger partial charge in [0.2, 0.25) is 0 Å². The van der Waals surface area contributed by atoms with Gasteiger partial charge in [0.15, 0.2) is 0 Å². The molecule has 4 N–H and O–H groups in total. The number of benzene rings is 1. The predicted octanol–water partition coefficient (Wildman–Crippen LogP) is 1.11. The molecule has 0 saturated carbocycles. The molecular weight excluding hydrogens is 302 g/mol. The van der Waals surface area contributed by atoms with Crippen molar-refractivity contribution in [1.82, 2.24) is 10.2 Å². The van der Waals surface area contributed by atoms with E-state index in [0.717, 1.165) is 19.5 Å². The number of aliphatic hydroxyl groups is 1. The Morgan fingerprint density at radius 2 is 2.17 bits per heavy atom. The molecule has 1 unspecified atom stereocenters. The first kappa shape index (κ1) is 18.0. The van der Waals surface area contributed by atoms with Crippen LogP contribution in [-0.2, 0) is 17.8 Å². The number of nitrogens with two attached hydrogens (primary N) is 1. The standard InChI is InChI=1S/C19H25N3O2/c1-2-3-6-16(11-20)19(24)21-12-18(23)14-22-10-9-15-7-4-5-8-17(15)13-22/h2-8,11,18,23H,1,9-10,12-14,20H2,(H,21,24)/b6-3-,16-11+. The molecule has 1 aromatic carbocycles. The van der Waals surface area contributed by atoms with Crippen LogP contribution in [0.4, 0.5) is 0 Å². The first-order chi connectivity index (χ1) is 11.6. The van der Waals surface area contributed by atoms with Crippen molar-refractivity contribution in [2.75, 3.05) is 19.6 Å². The van der Waals surface area contributed by atoms with Gasteiger partial charge in [-0.15, -0.1) is 0 Å². The van der Waals surface area contributed by atoms with E-state index in [1.165, 1.54) is 17.3 Å². The van der Waals surface area contributed by atoms with Crippen LogP contribution in [0, 0.1) is 0 Å². The summed E-state index contributed by atoms with van der Waals surface area (Å²) in [5.74, 6) is -0.307. The Morgan fingerprint density at radius 3 is 2.88 bits per heavy atom. The third kappa shape index (κ3) is 5.08. The highest BCUT2D eigenvalue weighted by molar-refractivity contribution is 5.96. The van der Waals surface area contributed by atoms with Gasteiger partial charge in [-0.3, -0.25) is 9.69 Å². The van der Waals surface area contributed by atoms with Crippen LogP contribution < -0.4 is 11.1 Å². The molecule has 0 aliphatic carbocycles. The van der Waals surface area contributed by atoms with Crippen LogP contribution in [0.1, 0.15) is 11.1 Å². The van der Waals surface area contributed by atoms with E-state index in [9.17, 15) is 9.90 Å². The Labute approximate surface area is 143 Å². The van der Waals surface area contributed by atoms with Gasteiger partial charge < -0.3 is 16.2 Å². The second-order valence-electron chi connectivity index (χ2n) is 5.83. The Balaban J connectivity index is 1.80. The van der Waals surface area contributed by atoms with Gasteiger partial charge in [-0.2, -0.15) is 0 Å². The van der Waals surface area contributed by atoms with Crippen molar-refractivity contribution in [3.63, 3.8) is 0 Å². The van der Waals surface area contributed by atoms with Crippen LogP contribution in [0.3, 0.4) is 0 Å². The van der Waals surface area contributed by atoms with Crippen molar-refractivity contribution in [3.8, 4) is 0 Å². The smallest absolute Gasteiger partial charge is 0.252 e. The van der Waals surface area contributed by atoms with E-state index in [4.69, 9.17) is 5.73 Å². The zero-order valence-electron chi connectivity index (χ0n) is 13.8. The van der Waals surface area contributed by atoms with Gasteiger partial charge in [0.25, 0.3) is 5.91 Å². The van der Waals surface area contributed by atoms with Gasteiger partial charge in [-0.05, 0) is 23.6 Å². The minimum Gasteiger partial charge on any atom is -0.404 e. The molecule has 0 aromatic heterocycles. The van der Waals surface area contributed by atoms with E-state index in [-0.39, 0.29) is 12.5 Å². The van der Waals surface area contributed by atoms with Gasteiger partial charge in [0, 0.05) is 32.4 Å². The van der Waals surface area contributed by atoms with Gasteiger partial charge in [-0.1, -0.05) is 43.0 Å². The second-order valence-corrected chi connectivity index (χ2v) is 5.83. The zero-order chi connectivity index (χ0) is 17.4. The number of allylic oxidation sites excluding steroid dienone is 2. The Kier molecular flexibility index (Phi) is 6.78. The summed E-state index contributed by atoms with van der Waals surface area (Å²) in [7, 11) is 0. The monoisotopic (exact) mass is 327 g/mol. The molecule has 0 bridgehead atoms. The number of hydrogen-bond donors (Lipinski definition) is 3. The lowest BCUT2D eigenvalue weighted by Gasteiger charge is -2.30. The topological polar surface area (TPSA) is 78.6 Å². The molecule has 0 radical (unpaired) electrons. The molecule has 1 aliphatic rings. The Morgan fingerprint density at radius 1 is 1.42 bits per heavy atom. The van der Waals surface area contributed by atoms with Gasteiger partial charge in [-0.25, -0.2) is 0 Å². The van der Waals surface area contributed by atoms with E-state index >= 15 is 0 Å². The van der Waals surface area contributed by atoms with E-state index in [0.29, 0.717) is 12.1 Å². The fourth-order valence-electron chi connectivity index (χ4n) is 2.76. The summed E-state index contributed by atoms with van der Waals surface area (Å²) in [4.78, 5) is 14.2. The highest BCUT2D eigenvalue weighted by atomic mass is 16.3. The third-order valence-electron chi connectivity index (χ3n) is 4.03. The number of carbonyl (C=O) groups is 1. The van der Waals surface area contributed by atoms with Crippen LogP contribution in [0.5, 0.6) is 0 Å². The number of rotatable bonds is 7. The normalized spacial score (nSPS) is 16.6. The predicted molar refractivity (Wildman–Crippen MR) is 96.0 cm³/mol. The number of carbonyl (C=O) groups excluding carboxylic acids is 1. The fourth-order valence-corrected chi connectivity index (χ4v) is 2.76. The number of amides is 1. The van der Waals surface area contributed by atoms with E-state index in [1.54, 1.807) is 18.2 Å². The number of nitrogens with zero attached hydrogens (tertiary/aromatic N) is 1. The van der Waals surface area contributed by atoms with Crippen molar-refractivity contribution in [2.24, 2.45) is 5.73 Å². The molecule has 5 nitrogen and oxygen atoms in total.